The number of amides is 2. The normalized spacial score (nSPS) is 10.8. The number of thioether (sulfide) groups is 1. The van der Waals surface area contributed by atoms with Crippen LogP contribution in [0, 0.1) is 0 Å². The van der Waals surface area contributed by atoms with Crippen LogP contribution in [0.5, 0.6) is 0 Å². The second-order valence-electron chi connectivity index (χ2n) is 8.42. The number of aromatic nitrogens is 3. The molecule has 0 radical (unpaired) electrons. The van der Waals surface area contributed by atoms with E-state index in [1.165, 1.54) is 11.8 Å². The summed E-state index contributed by atoms with van der Waals surface area (Å²) >= 11 is 1.24. The van der Waals surface area contributed by atoms with Gasteiger partial charge in [-0.15, -0.1) is 10.2 Å². The Labute approximate surface area is 224 Å². The molecule has 38 heavy (non-hydrogen) atoms. The molecule has 8 heteroatoms. The molecule has 0 unspecified atom stereocenters. The van der Waals surface area contributed by atoms with Gasteiger partial charge in [-0.05, 0) is 23.3 Å². The lowest BCUT2D eigenvalue weighted by Crippen LogP contribution is -2.45. The highest BCUT2D eigenvalue weighted by molar-refractivity contribution is 7.99. The maximum Gasteiger partial charge on any atom is 0.250 e. The zero-order valence-corrected chi connectivity index (χ0v) is 21.2. The summed E-state index contributed by atoms with van der Waals surface area (Å²) in [5.74, 6) is -0.505. The fraction of sp³-hybridized carbons (Fsp3) is 0.0667. The highest BCUT2D eigenvalue weighted by atomic mass is 32.2. The van der Waals surface area contributed by atoms with Gasteiger partial charge in [-0.1, -0.05) is 121 Å². The van der Waals surface area contributed by atoms with Crippen LogP contribution in [-0.4, -0.2) is 32.3 Å². The Bertz CT molecular complexity index is 1450. The standard InChI is InChI=1S/C30H25N5O2S/c36-26(31-33-29(37)27(22-13-5-1-6-14-22)23-15-7-2-8-16-23)21-38-30-34-32-28(24-17-9-3-10-18-24)35(30)25-19-11-4-12-20-25/h1-20,27H,21H2,(H,31,36)(H,33,37). The molecule has 0 aliphatic heterocycles. The Kier molecular flexibility index (Phi) is 7.91. The SMILES string of the molecule is O=C(CSc1nnc(-c2ccccc2)n1-c1ccccc1)NNC(=O)C(c1ccccc1)c1ccccc1. The number of hydrogen-bond acceptors (Lipinski definition) is 5. The van der Waals surface area contributed by atoms with Gasteiger partial charge in [-0.25, -0.2) is 0 Å². The summed E-state index contributed by atoms with van der Waals surface area (Å²) in [4.78, 5) is 25.9. The molecule has 188 valence electrons. The molecule has 0 aliphatic rings. The van der Waals surface area contributed by atoms with Crippen LogP contribution in [-0.2, 0) is 9.59 Å². The van der Waals surface area contributed by atoms with Crippen molar-refractivity contribution in [3.8, 4) is 17.1 Å². The average Bonchev–Trinajstić information content (AvgIpc) is 3.41. The highest BCUT2D eigenvalue weighted by Gasteiger charge is 2.23. The Hall–Kier alpha value is -4.69. The van der Waals surface area contributed by atoms with Crippen LogP contribution in [0.4, 0.5) is 0 Å². The summed E-state index contributed by atoms with van der Waals surface area (Å²) in [5.41, 5.74) is 8.63. The number of carbonyl (C=O) groups excluding carboxylic acids is 2. The van der Waals surface area contributed by atoms with Crippen molar-refractivity contribution in [2.24, 2.45) is 0 Å². The monoisotopic (exact) mass is 519 g/mol. The highest BCUT2D eigenvalue weighted by Crippen LogP contribution is 2.28. The number of nitrogens with zero attached hydrogens (tertiary/aromatic N) is 3. The molecule has 0 fully saturated rings. The Morgan fingerprint density at radius 2 is 1.21 bits per heavy atom. The van der Waals surface area contributed by atoms with E-state index in [1.807, 2.05) is 126 Å². The van der Waals surface area contributed by atoms with Gasteiger partial charge in [0, 0.05) is 11.3 Å². The van der Waals surface area contributed by atoms with Crippen molar-refractivity contribution in [1.82, 2.24) is 25.6 Å². The van der Waals surface area contributed by atoms with E-state index in [4.69, 9.17) is 0 Å². The first-order chi connectivity index (χ1) is 18.7. The summed E-state index contributed by atoms with van der Waals surface area (Å²) in [6, 6.07) is 38.5. The van der Waals surface area contributed by atoms with Crippen molar-refractivity contribution in [1.29, 1.82) is 0 Å². The molecule has 1 heterocycles. The van der Waals surface area contributed by atoms with Crippen molar-refractivity contribution in [2.75, 3.05) is 5.75 Å². The molecule has 0 atom stereocenters. The zero-order valence-electron chi connectivity index (χ0n) is 20.4. The third-order valence-corrected chi connectivity index (χ3v) is 6.79. The molecule has 1 aromatic heterocycles. The van der Waals surface area contributed by atoms with Crippen LogP contribution >= 0.6 is 11.8 Å². The second-order valence-corrected chi connectivity index (χ2v) is 9.37. The minimum Gasteiger partial charge on any atom is -0.272 e. The number of benzene rings is 4. The number of rotatable bonds is 8. The second kappa shape index (κ2) is 12.0. The summed E-state index contributed by atoms with van der Waals surface area (Å²) < 4.78 is 1.92. The van der Waals surface area contributed by atoms with Gasteiger partial charge in [0.15, 0.2) is 11.0 Å². The van der Waals surface area contributed by atoms with Gasteiger partial charge in [0.1, 0.15) is 0 Å². The molecule has 0 spiro atoms. The van der Waals surface area contributed by atoms with E-state index < -0.39 is 5.92 Å². The van der Waals surface area contributed by atoms with Gasteiger partial charge < -0.3 is 0 Å². The van der Waals surface area contributed by atoms with Gasteiger partial charge in [0.05, 0.1) is 11.7 Å². The van der Waals surface area contributed by atoms with Crippen molar-refractivity contribution < 1.29 is 9.59 Å². The molecular weight excluding hydrogens is 494 g/mol. The van der Waals surface area contributed by atoms with E-state index in [0.717, 1.165) is 22.4 Å². The van der Waals surface area contributed by atoms with Crippen LogP contribution in [0.1, 0.15) is 17.0 Å². The lowest BCUT2D eigenvalue weighted by Gasteiger charge is -2.18. The van der Waals surface area contributed by atoms with Gasteiger partial charge >= 0.3 is 0 Å². The first kappa shape index (κ1) is 25.0. The molecule has 5 aromatic rings. The van der Waals surface area contributed by atoms with Crippen LogP contribution < -0.4 is 10.9 Å². The maximum absolute atomic E-state index is 13.2. The number of hydrogen-bond donors (Lipinski definition) is 2. The van der Waals surface area contributed by atoms with E-state index >= 15 is 0 Å². The number of nitrogens with one attached hydrogen (secondary N) is 2. The third-order valence-electron chi connectivity index (χ3n) is 5.87. The van der Waals surface area contributed by atoms with Gasteiger partial charge in [-0.3, -0.25) is 25.0 Å². The summed E-state index contributed by atoms with van der Waals surface area (Å²) in [7, 11) is 0. The van der Waals surface area contributed by atoms with E-state index in [-0.39, 0.29) is 17.6 Å². The molecule has 4 aromatic carbocycles. The summed E-state index contributed by atoms with van der Waals surface area (Å²) in [6.07, 6.45) is 0. The lowest BCUT2D eigenvalue weighted by atomic mass is 9.91. The average molecular weight is 520 g/mol. The minimum atomic E-state index is -0.556. The van der Waals surface area contributed by atoms with Crippen LogP contribution in [0.2, 0.25) is 0 Å². The van der Waals surface area contributed by atoms with Crippen molar-refractivity contribution in [2.45, 2.75) is 11.1 Å². The molecule has 2 N–H and O–H groups in total. The van der Waals surface area contributed by atoms with Crippen molar-refractivity contribution in [3.63, 3.8) is 0 Å². The van der Waals surface area contributed by atoms with Gasteiger partial charge in [-0.2, -0.15) is 0 Å². The van der Waals surface area contributed by atoms with E-state index in [2.05, 4.69) is 21.0 Å². The molecule has 0 bridgehead atoms. The van der Waals surface area contributed by atoms with E-state index in [0.29, 0.717) is 11.0 Å². The molecule has 2 amide bonds. The van der Waals surface area contributed by atoms with Crippen LogP contribution in [0.15, 0.2) is 126 Å². The minimum absolute atomic E-state index is 0.0430. The Balaban J connectivity index is 1.28. The number of para-hydroxylation sites is 1. The van der Waals surface area contributed by atoms with Crippen LogP contribution in [0.25, 0.3) is 17.1 Å². The van der Waals surface area contributed by atoms with Gasteiger partial charge in [0.25, 0.3) is 0 Å². The smallest absolute Gasteiger partial charge is 0.250 e. The topological polar surface area (TPSA) is 88.9 Å². The molecule has 5 rings (SSSR count). The van der Waals surface area contributed by atoms with Crippen molar-refractivity contribution in [3.05, 3.63) is 132 Å². The largest absolute Gasteiger partial charge is 0.272 e. The quantitative estimate of drug-likeness (QED) is 0.222. The molecule has 0 saturated heterocycles. The molecule has 0 aliphatic carbocycles. The van der Waals surface area contributed by atoms with E-state index in [1.54, 1.807) is 0 Å². The molecular formula is C30H25N5O2S. The Morgan fingerprint density at radius 1 is 0.684 bits per heavy atom. The first-order valence-electron chi connectivity index (χ1n) is 12.1. The molecule has 0 saturated carbocycles. The molecule has 7 nitrogen and oxygen atoms in total. The lowest BCUT2D eigenvalue weighted by molar-refractivity contribution is -0.128. The van der Waals surface area contributed by atoms with E-state index in [9.17, 15) is 9.59 Å². The fourth-order valence-corrected chi connectivity index (χ4v) is 4.86. The summed E-state index contributed by atoms with van der Waals surface area (Å²) in [5, 5.41) is 9.32. The third kappa shape index (κ3) is 5.82. The van der Waals surface area contributed by atoms with Gasteiger partial charge in [0.2, 0.25) is 11.8 Å². The zero-order chi connectivity index (χ0) is 26.2. The number of carbonyl (C=O) groups is 2. The fourth-order valence-electron chi connectivity index (χ4n) is 4.10. The predicted molar refractivity (Wildman–Crippen MR) is 149 cm³/mol. The van der Waals surface area contributed by atoms with Crippen molar-refractivity contribution >= 4 is 23.6 Å². The van der Waals surface area contributed by atoms with Crippen LogP contribution in [0.3, 0.4) is 0 Å². The number of hydrazine groups is 1. The maximum atomic E-state index is 13.2. The Morgan fingerprint density at radius 3 is 1.79 bits per heavy atom. The summed E-state index contributed by atoms with van der Waals surface area (Å²) in [6.45, 7) is 0. The first-order valence-corrected chi connectivity index (χ1v) is 13.1. The predicted octanol–water partition coefficient (Wildman–Crippen LogP) is 5.01.